The molecule has 0 aromatic heterocycles. The third-order valence-corrected chi connectivity index (χ3v) is 2.80. The van der Waals surface area contributed by atoms with Crippen LogP contribution in [-0.4, -0.2) is 23.3 Å². The topological polar surface area (TPSA) is 46.5 Å². The van der Waals surface area contributed by atoms with Crippen molar-refractivity contribution in [2.45, 2.75) is 59.2 Å². The molecule has 3 atom stereocenters. The van der Waals surface area contributed by atoms with Crippen molar-refractivity contribution >= 4 is 5.97 Å². The van der Waals surface area contributed by atoms with Gasteiger partial charge in [0, 0.05) is 13.3 Å². The second-order valence-electron chi connectivity index (χ2n) is 4.51. The Kier molecular flexibility index (Phi) is 7.06. The van der Waals surface area contributed by atoms with Gasteiger partial charge in [-0.15, -0.1) is 0 Å². The Bertz CT molecular complexity index is 235. The molecule has 0 radical (unpaired) electrons. The van der Waals surface area contributed by atoms with Gasteiger partial charge in [-0.2, -0.15) is 0 Å². The lowest BCUT2D eigenvalue weighted by Gasteiger charge is -2.23. The molecule has 0 aromatic carbocycles. The van der Waals surface area contributed by atoms with Crippen molar-refractivity contribution in [3.63, 3.8) is 0 Å². The lowest BCUT2D eigenvalue weighted by atomic mass is 9.94. The molecule has 94 valence electrons. The van der Waals surface area contributed by atoms with Crippen molar-refractivity contribution < 1.29 is 14.6 Å². The molecular weight excluding hydrogens is 204 g/mol. The molecule has 0 aliphatic carbocycles. The van der Waals surface area contributed by atoms with Gasteiger partial charge in [-0.1, -0.05) is 26.0 Å². The third-order valence-electron chi connectivity index (χ3n) is 2.80. The first-order valence-corrected chi connectivity index (χ1v) is 5.87. The summed E-state index contributed by atoms with van der Waals surface area (Å²) in [6.45, 7) is 11.2. The molecule has 3 unspecified atom stereocenters. The molecule has 0 fully saturated rings. The quantitative estimate of drug-likeness (QED) is 0.538. The van der Waals surface area contributed by atoms with E-state index in [0.717, 1.165) is 12.0 Å². The zero-order valence-corrected chi connectivity index (χ0v) is 10.8. The zero-order valence-electron chi connectivity index (χ0n) is 10.8. The predicted octanol–water partition coefficient (Wildman–Crippen LogP) is 2.68. The summed E-state index contributed by atoms with van der Waals surface area (Å²) in [6, 6.07) is 0. The molecule has 0 aromatic rings. The van der Waals surface area contributed by atoms with Gasteiger partial charge in [-0.3, -0.25) is 4.79 Å². The van der Waals surface area contributed by atoms with Crippen molar-refractivity contribution in [3.8, 4) is 0 Å². The molecule has 0 spiro atoms. The summed E-state index contributed by atoms with van der Waals surface area (Å²) in [6.07, 6.45) is 1.31. The Labute approximate surface area is 98.5 Å². The molecule has 0 aliphatic heterocycles. The normalized spacial score (nSPS) is 16.3. The number of carbonyl (C=O) groups excluding carboxylic acids is 1. The number of aliphatic hydroxyl groups excluding tert-OH is 1. The monoisotopic (exact) mass is 228 g/mol. The molecule has 0 rings (SSSR count). The van der Waals surface area contributed by atoms with Crippen LogP contribution in [-0.2, 0) is 9.53 Å². The summed E-state index contributed by atoms with van der Waals surface area (Å²) in [5.41, 5.74) is 1.07. The van der Waals surface area contributed by atoms with Crippen LogP contribution >= 0.6 is 0 Å². The molecule has 0 amide bonds. The van der Waals surface area contributed by atoms with Crippen molar-refractivity contribution in [2.24, 2.45) is 5.92 Å². The maximum absolute atomic E-state index is 10.9. The minimum absolute atomic E-state index is 0.209. The first kappa shape index (κ1) is 15.2. The number of ether oxygens (including phenoxy) is 1. The largest absolute Gasteiger partial charge is 0.462 e. The molecule has 0 heterocycles. The Morgan fingerprint density at radius 2 is 1.94 bits per heavy atom. The van der Waals surface area contributed by atoms with E-state index in [4.69, 9.17) is 4.74 Å². The summed E-state index contributed by atoms with van der Waals surface area (Å²) in [7, 11) is 0. The molecule has 3 heteroatoms. The van der Waals surface area contributed by atoms with Crippen LogP contribution in [0.5, 0.6) is 0 Å². The van der Waals surface area contributed by atoms with Gasteiger partial charge in [0.2, 0.25) is 0 Å². The molecule has 3 nitrogen and oxygen atoms in total. The smallest absolute Gasteiger partial charge is 0.302 e. The zero-order chi connectivity index (χ0) is 12.7. The van der Waals surface area contributed by atoms with Gasteiger partial charge in [-0.25, -0.2) is 0 Å². The summed E-state index contributed by atoms with van der Waals surface area (Å²) < 4.78 is 5.20. The van der Waals surface area contributed by atoms with Gasteiger partial charge >= 0.3 is 5.97 Å². The van der Waals surface area contributed by atoms with E-state index in [1.54, 1.807) is 0 Å². The fraction of sp³-hybridized carbons (Fsp3) is 0.769. The second-order valence-corrected chi connectivity index (χ2v) is 4.51. The Hall–Kier alpha value is -0.830. The highest BCUT2D eigenvalue weighted by molar-refractivity contribution is 5.66. The number of hydrogen-bond donors (Lipinski definition) is 1. The van der Waals surface area contributed by atoms with E-state index in [0.29, 0.717) is 18.8 Å². The molecule has 0 saturated carbocycles. The predicted molar refractivity (Wildman–Crippen MR) is 65.1 cm³/mol. The van der Waals surface area contributed by atoms with Crippen LogP contribution in [0.15, 0.2) is 12.2 Å². The van der Waals surface area contributed by atoms with Crippen molar-refractivity contribution in [3.05, 3.63) is 12.2 Å². The van der Waals surface area contributed by atoms with E-state index in [1.807, 2.05) is 13.8 Å². The highest BCUT2D eigenvalue weighted by Gasteiger charge is 2.19. The fourth-order valence-corrected chi connectivity index (χ4v) is 1.49. The van der Waals surface area contributed by atoms with E-state index in [-0.39, 0.29) is 12.1 Å². The molecule has 0 aliphatic rings. The standard InChI is InChI=1S/C13H24O3/c1-6-12(15)8-13(16-11(5)14)7-10(4)9(2)3/h10,12-13,15H,2,6-8H2,1,3-5H3. The number of carbonyl (C=O) groups is 1. The van der Waals surface area contributed by atoms with E-state index >= 15 is 0 Å². The summed E-state index contributed by atoms with van der Waals surface area (Å²) >= 11 is 0. The van der Waals surface area contributed by atoms with Gasteiger partial charge < -0.3 is 9.84 Å². The maximum atomic E-state index is 10.9. The maximum Gasteiger partial charge on any atom is 0.302 e. The van der Waals surface area contributed by atoms with Crippen LogP contribution in [0.2, 0.25) is 0 Å². The second kappa shape index (κ2) is 7.44. The minimum Gasteiger partial charge on any atom is -0.462 e. The molecular formula is C13H24O3. The van der Waals surface area contributed by atoms with Crippen molar-refractivity contribution in [2.75, 3.05) is 0 Å². The molecule has 16 heavy (non-hydrogen) atoms. The van der Waals surface area contributed by atoms with Crippen LogP contribution in [0.1, 0.15) is 47.0 Å². The van der Waals surface area contributed by atoms with Gasteiger partial charge in [0.25, 0.3) is 0 Å². The van der Waals surface area contributed by atoms with Crippen LogP contribution < -0.4 is 0 Å². The SMILES string of the molecule is C=C(C)C(C)CC(CC(O)CC)OC(C)=O. The Morgan fingerprint density at radius 1 is 1.38 bits per heavy atom. The number of aliphatic hydroxyl groups is 1. The van der Waals surface area contributed by atoms with Gasteiger partial charge in [0.15, 0.2) is 0 Å². The third kappa shape index (κ3) is 6.62. The van der Waals surface area contributed by atoms with E-state index in [2.05, 4.69) is 13.5 Å². The summed E-state index contributed by atoms with van der Waals surface area (Å²) in [5.74, 6) is 0.00984. The summed E-state index contributed by atoms with van der Waals surface area (Å²) in [4.78, 5) is 10.9. The van der Waals surface area contributed by atoms with Gasteiger partial charge in [0.05, 0.1) is 6.10 Å². The molecule has 1 N–H and O–H groups in total. The number of rotatable bonds is 7. The lowest BCUT2D eigenvalue weighted by Crippen LogP contribution is -2.24. The number of hydrogen-bond acceptors (Lipinski definition) is 3. The number of esters is 1. The van der Waals surface area contributed by atoms with E-state index < -0.39 is 6.10 Å². The van der Waals surface area contributed by atoms with Crippen LogP contribution in [0.3, 0.4) is 0 Å². The van der Waals surface area contributed by atoms with Crippen molar-refractivity contribution in [1.29, 1.82) is 0 Å². The van der Waals surface area contributed by atoms with Gasteiger partial charge in [-0.05, 0) is 25.7 Å². The van der Waals surface area contributed by atoms with E-state index in [1.165, 1.54) is 6.92 Å². The highest BCUT2D eigenvalue weighted by Crippen LogP contribution is 2.20. The van der Waals surface area contributed by atoms with Crippen LogP contribution in [0.4, 0.5) is 0 Å². The first-order valence-electron chi connectivity index (χ1n) is 5.87. The first-order chi connectivity index (χ1) is 7.36. The number of allylic oxidation sites excluding steroid dienone is 1. The highest BCUT2D eigenvalue weighted by atomic mass is 16.5. The lowest BCUT2D eigenvalue weighted by molar-refractivity contribution is -0.148. The van der Waals surface area contributed by atoms with Gasteiger partial charge in [0.1, 0.15) is 6.10 Å². The molecule has 0 saturated heterocycles. The average Bonchev–Trinajstić information content (AvgIpc) is 2.16. The minimum atomic E-state index is -0.401. The Balaban J connectivity index is 4.30. The van der Waals surface area contributed by atoms with E-state index in [9.17, 15) is 9.90 Å². The fourth-order valence-electron chi connectivity index (χ4n) is 1.49. The molecule has 0 bridgehead atoms. The Morgan fingerprint density at radius 3 is 2.31 bits per heavy atom. The average molecular weight is 228 g/mol. The van der Waals surface area contributed by atoms with Crippen LogP contribution in [0, 0.1) is 5.92 Å². The summed E-state index contributed by atoms with van der Waals surface area (Å²) in [5, 5.41) is 9.58. The van der Waals surface area contributed by atoms with Crippen molar-refractivity contribution in [1.82, 2.24) is 0 Å². The van der Waals surface area contributed by atoms with Crippen LogP contribution in [0.25, 0.3) is 0 Å².